The van der Waals surface area contributed by atoms with Crippen molar-refractivity contribution >= 4 is 31.9 Å². The zero-order valence-electron chi connectivity index (χ0n) is 14.9. The van der Waals surface area contributed by atoms with E-state index in [1.54, 1.807) is 0 Å². The van der Waals surface area contributed by atoms with Gasteiger partial charge in [-0.2, -0.15) is 5.10 Å². The van der Waals surface area contributed by atoms with Gasteiger partial charge in [0.05, 0.1) is 17.9 Å². The molecule has 4 heteroatoms. The summed E-state index contributed by atoms with van der Waals surface area (Å²) in [6, 6.07) is 27.4. The highest BCUT2D eigenvalue weighted by Gasteiger charge is 2.12. The lowest BCUT2D eigenvalue weighted by Crippen LogP contribution is -2.04. The SMILES string of the molecule is Cc1cccc(Cn2nc(-c3ccc(Br)cc3)cc2-c2ccc(Br)cc2)c1. The largest absolute Gasteiger partial charge is 0.260 e. The molecule has 0 saturated carbocycles. The maximum atomic E-state index is 4.92. The minimum atomic E-state index is 0.740. The smallest absolute Gasteiger partial charge is 0.0929 e. The van der Waals surface area contributed by atoms with Gasteiger partial charge in [-0.3, -0.25) is 4.68 Å². The Morgan fingerprint density at radius 1 is 0.778 bits per heavy atom. The van der Waals surface area contributed by atoms with Crippen LogP contribution in [0.1, 0.15) is 11.1 Å². The van der Waals surface area contributed by atoms with E-state index >= 15 is 0 Å². The molecule has 0 aliphatic heterocycles. The lowest BCUT2D eigenvalue weighted by atomic mass is 10.1. The van der Waals surface area contributed by atoms with Crippen molar-refractivity contribution in [2.75, 3.05) is 0 Å². The molecule has 0 spiro atoms. The summed E-state index contributed by atoms with van der Waals surface area (Å²) in [7, 11) is 0. The number of rotatable bonds is 4. The monoisotopic (exact) mass is 480 g/mol. The van der Waals surface area contributed by atoms with Gasteiger partial charge in [-0.1, -0.05) is 86.0 Å². The maximum Gasteiger partial charge on any atom is 0.0929 e. The van der Waals surface area contributed by atoms with Crippen LogP contribution in [-0.4, -0.2) is 9.78 Å². The first-order valence-electron chi connectivity index (χ1n) is 8.74. The first-order valence-corrected chi connectivity index (χ1v) is 10.3. The average molecular weight is 482 g/mol. The molecule has 2 nitrogen and oxygen atoms in total. The Balaban J connectivity index is 1.79. The van der Waals surface area contributed by atoms with Crippen molar-refractivity contribution < 1.29 is 0 Å². The van der Waals surface area contributed by atoms with E-state index in [0.717, 1.165) is 38.0 Å². The molecule has 0 aliphatic rings. The summed E-state index contributed by atoms with van der Waals surface area (Å²) >= 11 is 7.02. The van der Waals surface area contributed by atoms with Crippen molar-refractivity contribution in [1.29, 1.82) is 0 Å². The molecule has 0 unspecified atom stereocenters. The second kappa shape index (κ2) is 7.83. The van der Waals surface area contributed by atoms with Crippen molar-refractivity contribution in [3.8, 4) is 22.5 Å². The van der Waals surface area contributed by atoms with Crippen molar-refractivity contribution in [3.63, 3.8) is 0 Å². The highest BCUT2D eigenvalue weighted by molar-refractivity contribution is 9.10. The molecule has 0 radical (unpaired) electrons. The van der Waals surface area contributed by atoms with Crippen LogP contribution in [0.5, 0.6) is 0 Å². The fourth-order valence-electron chi connectivity index (χ4n) is 3.14. The van der Waals surface area contributed by atoms with E-state index in [2.05, 4.69) is 110 Å². The maximum absolute atomic E-state index is 4.92. The van der Waals surface area contributed by atoms with Crippen LogP contribution in [-0.2, 0) is 6.54 Å². The van der Waals surface area contributed by atoms with Crippen LogP contribution >= 0.6 is 31.9 Å². The predicted octanol–water partition coefficient (Wildman–Crippen LogP) is 7.10. The molecule has 27 heavy (non-hydrogen) atoms. The van der Waals surface area contributed by atoms with Crippen LogP contribution in [0.4, 0.5) is 0 Å². The summed E-state index contributed by atoms with van der Waals surface area (Å²) < 4.78 is 4.23. The van der Waals surface area contributed by atoms with Crippen molar-refractivity contribution in [3.05, 3.63) is 98.9 Å². The van der Waals surface area contributed by atoms with E-state index in [1.165, 1.54) is 11.1 Å². The molecule has 0 N–H and O–H groups in total. The van der Waals surface area contributed by atoms with Gasteiger partial charge in [0.2, 0.25) is 0 Å². The van der Waals surface area contributed by atoms with Crippen LogP contribution in [0.2, 0.25) is 0 Å². The van der Waals surface area contributed by atoms with Crippen molar-refractivity contribution in [1.82, 2.24) is 9.78 Å². The molecular weight excluding hydrogens is 464 g/mol. The molecule has 134 valence electrons. The summed E-state index contributed by atoms with van der Waals surface area (Å²) in [6.45, 7) is 2.86. The van der Waals surface area contributed by atoms with E-state index in [-0.39, 0.29) is 0 Å². The van der Waals surface area contributed by atoms with E-state index in [0.29, 0.717) is 0 Å². The number of benzene rings is 3. The Hall–Kier alpha value is -2.17. The van der Waals surface area contributed by atoms with E-state index in [4.69, 9.17) is 5.10 Å². The van der Waals surface area contributed by atoms with Crippen LogP contribution < -0.4 is 0 Å². The van der Waals surface area contributed by atoms with Gasteiger partial charge in [0.1, 0.15) is 0 Å². The normalized spacial score (nSPS) is 10.9. The molecule has 0 atom stereocenters. The zero-order valence-corrected chi connectivity index (χ0v) is 18.0. The Kier molecular flexibility index (Phi) is 5.28. The molecule has 3 aromatic carbocycles. The Morgan fingerprint density at radius 3 is 2.04 bits per heavy atom. The van der Waals surface area contributed by atoms with Crippen LogP contribution in [0, 0.1) is 6.92 Å². The molecule has 0 saturated heterocycles. The van der Waals surface area contributed by atoms with Gasteiger partial charge in [0, 0.05) is 14.5 Å². The fourth-order valence-corrected chi connectivity index (χ4v) is 3.66. The number of aromatic nitrogens is 2. The van der Waals surface area contributed by atoms with Crippen molar-refractivity contribution in [2.45, 2.75) is 13.5 Å². The predicted molar refractivity (Wildman–Crippen MR) is 119 cm³/mol. The number of aryl methyl sites for hydroxylation is 1. The Morgan fingerprint density at radius 2 is 1.41 bits per heavy atom. The summed E-state index contributed by atoms with van der Waals surface area (Å²) in [5.41, 5.74) is 6.87. The van der Waals surface area contributed by atoms with Crippen molar-refractivity contribution in [2.24, 2.45) is 0 Å². The quantitative estimate of drug-likeness (QED) is 0.304. The molecule has 4 aromatic rings. The number of halogens is 2. The molecule has 4 rings (SSSR count). The number of nitrogens with zero attached hydrogens (tertiary/aromatic N) is 2. The van der Waals surface area contributed by atoms with Gasteiger partial charge in [-0.25, -0.2) is 0 Å². The van der Waals surface area contributed by atoms with E-state index < -0.39 is 0 Å². The van der Waals surface area contributed by atoms with Gasteiger partial charge in [0.15, 0.2) is 0 Å². The number of hydrogen-bond acceptors (Lipinski definition) is 1. The highest BCUT2D eigenvalue weighted by Crippen LogP contribution is 2.28. The Labute approximate surface area is 176 Å². The third-order valence-corrected chi connectivity index (χ3v) is 5.53. The second-order valence-corrected chi connectivity index (χ2v) is 8.41. The molecule has 0 fully saturated rings. The summed E-state index contributed by atoms with van der Waals surface area (Å²) in [6.07, 6.45) is 0. The third-order valence-electron chi connectivity index (χ3n) is 4.47. The molecule has 1 heterocycles. The van der Waals surface area contributed by atoms with E-state index in [9.17, 15) is 0 Å². The highest BCUT2D eigenvalue weighted by atomic mass is 79.9. The van der Waals surface area contributed by atoms with Gasteiger partial charge in [-0.05, 0) is 48.4 Å². The average Bonchev–Trinajstić information content (AvgIpc) is 3.07. The fraction of sp³-hybridized carbons (Fsp3) is 0.0870. The van der Waals surface area contributed by atoms with Gasteiger partial charge < -0.3 is 0 Å². The molecule has 0 amide bonds. The minimum absolute atomic E-state index is 0.740. The standard InChI is InChI=1S/C23H18Br2N2/c1-16-3-2-4-17(13-16)15-27-23(19-7-11-21(25)12-8-19)14-22(26-27)18-5-9-20(24)10-6-18/h2-14H,15H2,1H3. The minimum Gasteiger partial charge on any atom is -0.260 e. The van der Waals surface area contributed by atoms with Crippen LogP contribution in [0.25, 0.3) is 22.5 Å². The van der Waals surface area contributed by atoms with Gasteiger partial charge >= 0.3 is 0 Å². The zero-order chi connectivity index (χ0) is 18.8. The lowest BCUT2D eigenvalue weighted by Gasteiger charge is -2.08. The molecular formula is C23H18Br2N2. The molecule has 1 aromatic heterocycles. The van der Waals surface area contributed by atoms with Gasteiger partial charge in [0.25, 0.3) is 0 Å². The molecule has 0 aliphatic carbocycles. The summed E-state index contributed by atoms with van der Waals surface area (Å²) in [5, 5.41) is 4.92. The number of hydrogen-bond donors (Lipinski definition) is 0. The second-order valence-electron chi connectivity index (χ2n) is 6.58. The third kappa shape index (κ3) is 4.23. The topological polar surface area (TPSA) is 17.8 Å². The summed E-state index contributed by atoms with van der Waals surface area (Å²) in [4.78, 5) is 0. The lowest BCUT2D eigenvalue weighted by molar-refractivity contribution is 0.696. The van der Waals surface area contributed by atoms with E-state index in [1.807, 2.05) is 12.1 Å². The van der Waals surface area contributed by atoms with Crippen LogP contribution in [0.15, 0.2) is 87.8 Å². The summed E-state index contributed by atoms with van der Waals surface area (Å²) in [5.74, 6) is 0. The van der Waals surface area contributed by atoms with Gasteiger partial charge in [-0.15, -0.1) is 0 Å². The first-order chi connectivity index (χ1) is 13.1. The van der Waals surface area contributed by atoms with Crippen LogP contribution in [0.3, 0.4) is 0 Å². The Bertz CT molecular complexity index is 1060. The molecule has 0 bridgehead atoms. The first kappa shape index (κ1) is 18.2.